The molecule has 0 aliphatic heterocycles. The van der Waals surface area contributed by atoms with Gasteiger partial charge in [0.25, 0.3) is 0 Å². The molecule has 0 saturated heterocycles. The predicted molar refractivity (Wildman–Crippen MR) is 74.4 cm³/mol. The molecule has 0 heterocycles. The second-order valence-electron chi connectivity index (χ2n) is 8.02. The summed E-state index contributed by atoms with van der Waals surface area (Å²) < 4.78 is 6.25. The van der Waals surface area contributed by atoms with E-state index in [-0.39, 0.29) is 11.5 Å². The van der Waals surface area contributed by atoms with Crippen molar-refractivity contribution in [2.75, 3.05) is 0 Å². The molecule has 4 saturated carbocycles. The molecule has 4 aliphatic carbocycles. The molecule has 2 nitrogen and oxygen atoms in total. The Morgan fingerprint density at radius 2 is 1.50 bits per heavy atom. The maximum Gasteiger partial charge on any atom is 0.185 e. The maximum absolute atomic E-state index is 9.60. The molecule has 4 aliphatic rings. The van der Waals surface area contributed by atoms with Crippen LogP contribution < -0.4 is 0 Å². The summed E-state index contributed by atoms with van der Waals surface area (Å²) in [6.45, 7) is 6.62. The topological polar surface area (TPSA) is 33.0 Å². The van der Waals surface area contributed by atoms with Gasteiger partial charge in [0.2, 0.25) is 0 Å². The second-order valence-corrected chi connectivity index (χ2v) is 12.5. The first-order chi connectivity index (χ1) is 8.40. The minimum Gasteiger partial charge on any atom is -0.402 e. The van der Waals surface area contributed by atoms with Crippen molar-refractivity contribution in [3.8, 4) is 6.07 Å². The quantitative estimate of drug-likeness (QED) is 0.722. The van der Waals surface area contributed by atoms with Crippen LogP contribution in [0.5, 0.6) is 0 Å². The van der Waals surface area contributed by atoms with Crippen LogP contribution in [-0.2, 0) is 4.43 Å². The van der Waals surface area contributed by atoms with E-state index in [1.165, 1.54) is 38.5 Å². The van der Waals surface area contributed by atoms with E-state index in [0.29, 0.717) is 0 Å². The van der Waals surface area contributed by atoms with Crippen LogP contribution in [-0.4, -0.2) is 14.4 Å². The van der Waals surface area contributed by atoms with Crippen LogP contribution in [0.3, 0.4) is 0 Å². The Bertz CT molecular complexity index is 344. The van der Waals surface area contributed by atoms with E-state index < -0.39 is 8.32 Å². The summed E-state index contributed by atoms with van der Waals surface area (Å²) >= 11 is 0. The van der Waals surface area contributed by atoms with Crippen LogP contribution in [0.4, 0.5) is 0 Å². The molecule has 4 fully saturated rings. The molecule has 1 atom stereocenters. The smallest absolute Gasteiger partial charge is 0.185 e. The van der Waals surface area contributed by atoms with Gasteiger partial charge in [-0.15, -0.1) is 0 Å². The highest BCUT2D eigenvalue weighted by molar-refractivity contribution is 6.69. The minimum absolute atomic E-state index is 0.127. The molecule has 100 valence electrons. The molecule has 4 bridgehead atoms. The van der Waals surface area contributed by atoms with Gasteiger partial charge in [-0.2, -0.15) is 5.26 Å². The number of rotatable bonds is 3. The van der Waals surface area contributed by atoms with Crippen molar-refractivity contribution in [1.82, 2.24) is 0 Å². The summed E-state index contributed by atoms with van der Waals surface area (Å²) in [4.78, 5) is 0. The molecule has 0 spiro atoms. The van der Waals surface area contributed by atoms with Gasteiger partial charge in [-0.25, -0.2) is 0 Å². The fraction of sp³-hybridized carbons (Fsp3) is 0.933. The Kier molecular flexibility index (Phi) is 2.88. The largest absolute Gasteiger partial charge is 0.402 e. The van der Waals surface area contributed by atoms with E-state index in [4.69, 9.17) is 4.43 Å². The van der Waals surface area contributed by atoms with Crippen LogP contribution in [0, 0.1) is 34.5 Å². The van der Waals surface area contributed by atoms with Crippen LogP contribution >= 0.6 is 0 Å². The lowest BCUT2D eigenvalue weighted by molar-refractivity contribution is -0.0966. The number of hydrogen-bond acceptors (Lipinski definition) is 2. The van der Waals surface area contributed by atoms with Crippen LogP contribution in [0.15, 0.2) is 0 Å². The summed E-state index contributed by atoms with van der Waals surface area (Å²) in [5, 5.41) is 9.60. The molecule has 0 amide bonds. The average Bonchev–Trinajstić information content (AvgIpc) is 2.22. The zero-order valence-corrected chi connectivity index (χ0v) is 12.9. The lowest BCUT2D eigenvalue weighted by atomic mass is 9.48. The van der Waals surface area contributed by atoms with Crippen LogP contribution in [0.2, 0.25) is 19.6 Å². The van der Waals surface area contributed by atoms with Gasteiger partial charge < -0.3 is 4.43 Å². The fourth-order valence-electron chi connectivity index (χ4n) is 5.14. The molecular formula is C15H25NOSi. The summed E-state index contributed by atoms with van der Waals surface area (Å²) in [6, 6.07) is 2.53. The third-order valence-electron chi connectivity index (χ3n) is 5.23. The SMILES string of the molecule is C[Si](C)(C)OC(C#N)C12CC3CC(CC(C3)C1)C2. The normalized spacial score (nSPS) is 43.8. The van der Waals surface area contributed by atoms with Crippen molar-refractivity contribution in [3.63, 3.8) is 0 Å². The lowest BCUT2D eigenvalue weighted by Crippen LogP contribution is -2.53. The van der Waals surface area contributed by atoms with Gasteiger partial charge in [0.1, 0.15) is 6.10 Å². The highest BCUT2D eigenvalue weighted by Crippen LogP contribution is 2.61. The zero-order valence-electron chi connectivity index (χ0n) is 11.9. The van der Waals surface area contributed by atoms with Gasteiger partial charge in [0.15, 0.2) is 8.32 Å². The monoisotopic (exact) mass is 263 g/mol. The summed E-state index contributed by atoms with van der Waals surface area (Å²) in [6.07, 6.45) is 7.97. The minimum atomic E-state index is -1.62. The molecule has 18 heavy (non-hydrogen) atoms. The van der Waals surface area contributed by atoms with Crippen molar-refractivity contribution in [3.05, 3.63) is 0 Å². The Balaban J connectivity index is 1.83. The fourth-order valence-corrected chi connectivity index (χ4v) is 6.15. The Hall–Kier alpha value is -0.333. The van der Waals surface area contributed by atoms with Gasteiger partial charge in [-0.1, -0.05) is 0 Å². The molecule has 0 N–H and O–H groups in total. The van der Waals surface area contributed by atoms with Gasteiger partial charge >= 0.3 is 0 Å². The number of nitrogens with zero attached hydrogens (tertiary/aromatic N) is 1. The van der Waals surface area contributed by atoms with E-state index in [1.807, 2.05) is 0 Å². The van der Waals surface area contributed by atoms with E-state index in [9.17, 15) is 5.26 Å². The Morgan fingerprint density at radius 3 is 1.83 bits per heavy atom. The van der Waals surface area contributed by atoms with E-state index in [0.717, 1.165) is 17.8 Å². The van der Waals surface area contributed by atoms with Gasteiger partial charge in [0.05, 0.1) is 6.07 Å². The summed E-state index contributed by atoms with van der Waals surface area (Å²) in [5.41, 5.74) is 0.226. The van der Waals surface area contributed by atoms with Crippen molar-refractivity contribution in [1.29, 1.82) is 5.26 Å². The Morgan fingerprint density at radius 1 is 1.06 bits per heavy atom. The third-order valence-corrected chi connectivity index (χ3v) is 6.17. The second kappa shape index (κ2) is 4.08. The first-order valence-corrected chi connectivity index (χ1v) is 10.9. The van der Waals surface area contributed by atoms with Gasteiger partial charge in [-0.05, 0) is 75.9 Å². The van der Waals surface area contributed by atoms with Crippen molar-refractivity contribution >= 4 is 8.32 Å². The number of hydrogen-bond donors (Lipinski definition) is 0. The molecule has 0 aromatic rings. The maximum atomic E-state index is 9.60. The van der Waals surface area contributed by atoms with Crippen molar-refractivity contribution < 1.29 is 4.43 Å². The van der Waals surface area contributed by atoms with Crippen LogP contribution in [0.25, 0.3) is 0 Å². The highest BCUT2D eigenvalue weighted by Gasteiger charge is 2.55. The summed E-state index contributed by atoms with van der Waals surface area (Å²) in [5.74, 6) is 2.70. The molecule has 0 aromatic carbocycles. The standard InChI is InChI=1S/C15H25NOSi/c1-18(2,3)17-14(10-16)15-7-11-4-12(8-15)6-13(5-11)9-15/h11-14H,4-9H2,1-3H3. The third kappa shape index (κ3) is 2.14. The van der Waals surface area contributed by atoms with Gasteiger partial charge in [0, 0.05) is 5.41 Å². The van der Waals surface area contributed by atoms with Crippen molar-refractivity contribution in [2.24, 2.45) is 23.2 Å². The van der Waals surface area contributed by atoms with E-state index in [1.54, 1.807) is 0 Å². The average molecular weight is 263 g/mol. The first kappa shape index (κ1) is 12.7. The zero-order chi connectivity index (χ0) is 13.0. The molecule has 1 unspecified atom stereocenters. The molecule has 4 rings (SSSR count). The predicted octanol–water partition coefficient (Wildman–Crippen LogP) is 3.95. The van der Waals surface area contributed by atoms with Crippen LogP contribution in [0.1, 0.15) is 38.5 Å². The lowest BCUT2D eigenvalue weighted by Gasteiger charge is -2.58. The molecule has 0 radical (unpaired) electrons. The van der Waals surface area contributed by atoms with E-state index in [2.05, 4.69) is 25.7 Å². The molecular weight excluding hydrogens is 238 g/mol. The van der Waals surface area contributed by atoms with E-state index >= 15 is 0 Å². The molecule has 3 heteroatoms. The number of nitriles is 1. The van der Waals surface area contributed by atoms with Crippen molar-refractivity contribution in [2.45, 2.75) is 64.3 Å². The summed E-state index contributed by atoms with van der Waals surface area (Å²) in [7, 11) is -1.62. The first-order valence-electron chi connectivity index (χ1n) is 7.48. The highest BCUT2D eigenvalue weighted by atomic mass is 28.4. The molecule has 0 aromatic heterocycles. The Labute approximate surface area is 112 Å². The van der Waals surface area contributed by atoms with Gasteiger partial charge in [-0.3, -0.25) is 0 Å².